The molecule has 246 valence electrons. The van der Waals surface area contributed by atoms with E-state index in [1.807, 2.05) is 0 Å². The van der Waals surface area contributed by atoms with Gasteiger partial charge in [-0.2, -0.15) is 0 Å². The van der Waals surface area contributed by atoms with Gasteiger partial charge in [0, 0.05) is 57.5 Å². The van der Waals surface area contributed by atoms with Crippen molar-refractivity contribution in [1.29, 1.82) is 0 Å². The third-order valence-electron chi connectivity index (χ3n) is 6.64. The number of aliphatic hydroxyl groups excluding tert-OH is 1. The Bertz CT molecular complexity index is 1600. The number of rotatable bonds is 8. The number of nitrogens with zero attached hydrogens (tertiary/aromatic N) is 3. The number of amides is 3. The molecule has 0 spiro atoms. The van der Waals surface area contributed by atoms with Crippen molar-refractivity contribution in [1.82, 2.24) is 14.7 Å². The van der Waals surface area contributed by atoms with Crippen molar-refractivity contribution in [3.05, 3.63) is 70.8 Å². The van der Waals surface area contributed by atoms with Gasteiger partial charge in [-0.25, -0.2) is 9.59 Å². The Labute approximate surface area is 265 Å². The van der Waals surface area contributed by atoms with Gasteiger partial charge in [-0.3, -0.25) is 9.59 Å². The minimum Gasteiger partial charge on any atom is -0.508 e. The molecule has 0 saturated heterocycles. The summed E-state index contributed by atoms with van der Waals surface area (Å²) in [5, 5.41) is 51.9. The highest BCUT2D eigenvalue weighted by Gasteiger charge is 2.32. The molecule has 0 heterocycles. The normalized spacial score (nSPS) is 11.7. The summed E-state index contributed by atoms with van der Waals surface area (Å²) in [6, 6.07) is 9.08. The molecular weight excluding hydrogens is 602 g/mol. The first-order valence-electron chi connectivity index (χ1n) is 13.9. The summed E-state index contributed by atoms with van der Waals surface area (Å²) in [5.74, 6) is -4.13. The van der Waals surface area contributed by atoms with Gasteiger partial charge < -0.3 is 49.7 Å². The average molecular weight is 640 g/mol. The second kappa shape index (κ2) is 13.6. The Hall–Kier alpha value is -5.50. The molecular formula is C32H37N3O11. The molecule has 1 unspecified atom stereocenters. The van der Waals surface area contributed by atoms with Crippen molar-refractivity contribution >= 4 is 23.9 Å². The molecule has 0 aliphatic carbocycles. The van der Waals surface area contributed by atoms with Crippen LogP contribution >= 0.6 is 0 Å². The van der Waals surface area contributed by atoms with Crippen LogP contribution in [0.5, 0.6) is 34.5 Å². The Morgan fingerprint density at radius 2 is 1.24 bits per heavy atom. The van der Waals surface area contributed by atoms with Crippen LogP contribution in [0.4, 0.5) is 9.59 Å². The maximum absolute atomic E-state index is 13.9. The summed E-state index contributed by atoms with van der Waals surface area (Å²) in [6.45, 7) is 4.66. The number of benzene rings is 3. The van der Waals surface area contributed by atoms with Gasteiger partial charge in [0.25, 0.3) is 5.91 Å². The van der Waals surface area contributed by atoms with Crippen LogP contribution < -0.4 is 9.47 Å². The second-order valence-electron chi connectivity index (χ2n) is 11.8. The second-order valence-corrected chi connectivity index (χ2v) is 11.8. The summed E-state index contributed by atoms with van der Waals surface area (Å²) in [7, 11) is 5.87. The van der Waals surface area contributed by atoms with Crippen LogP contribution in [-0.4, -0.2) is 104 Å². The van der Waals surface area contributed by atoms with Crippen molar-refractivity contribution in [3.8, 4) is 34.5 Å². The number of aliphatic hydroxyl groups is 1. The number of ketones is 1. The van der Waals surface area contributed by atoms with E-state index in [1.54, 1.807) is 20.8 Å². The van der Waals surface area contributed by atoms with E-state index in [1.165, 1.54) is 67.2 Å². The first-order valence-corrected chi connectivity index (χ1v) is 13.9. The molecule has 1 atom stereocenters. The largest absolute Gasteiger partial charge is 0.508 e. The van der Waals surface area contributed by atoms with Gasteiger partial charge in [-0.05, 0) is 56.7 Å². The van der Waals surface area contributed by atoms with E-state index in [0.717, 1.165) is 24.3 Å². The molecule has 14 nitrogen and oxygen atoms in total. The Kier molecular flexibility index (Phi) is 10.4. The lowest BCUT2D eigenvalue weighted by Crippen LogP contribution is -2.47. The molecule has 0 bridgehead atoms. The van der Waals surface area contributed by atoms with E-state index in [-0.39, 0.29) is 34.7 Å². The van der Waals surface area contributed by atoms with Crippen LogP contribution in [0.1, 0.15) is 58.7 Å². The van der Waals surface area contributed by atoms with E-state index in [2.05, 4.69) is 0 Å². The van der Waals surface area contributed by atoms with E-state index < -0.39 is 64.1 Å². The number of ether oxygens (including phenoxy) is 2. The summed E-state index contributed by atoms with van der Waals surface area (Å²) in [5.41, 5.74) is -1.85. The van der Waals surface area contributed by atoms with Crippen LogP contribution in [0.2, 0.25) is 0 Å². The molecule has 0 aliphatic rings. The minimum absolute atomic E-state index is 0.0463. The maximum atomic E-state index is 13.9. The minimum atomic E-state index is -1.43. The van der Waals surface area contributed by atoms with Crippen molar-refractivity contribution in [2.75, 3.05) is 34.7 Å². The van der Waals surface area contributed by atoms with Crippen molar-refractivity contribution in [3.63, 3.8) is 0 Å². The predicted molar refractivity (Wildman–Crippen MR) is 165 cm³/mol. The highest BCUT2D eigenvalue weighted by Crippen LogP contribution is 2.35. The zero-order chi connectivity index (χ0) is 34.7. The van der Waals surface area contributed by atoms with Crippen LogP contribution in [-0.2, 0) is 0 Å². The third kappa shape index (κ3) is 8.15. The van der Waals surface area contributed by atoms with Gasteiger partial charge in [-0.1, -0.05) is 0 Å². The number of phenolic OH excluding ortho intramolecular Hbond substituents is 4. The molecule has 3 aromatic carbocycles. The van der Waals surface area contributed by atoms with Crippen LogP contribution in [0.3, 0.4) is 0 Å². The molecule has 0 saturated carbocycles. The zero-order valence-electron chi connectivity index (χ0n) is 26.4. The highest BCUT2D eigenvalue weighted by atomic mass is 16.6. The van der Waals surface area contributed by atoms with Gasteiger partial charge >= 0.3 is 12.2 Å². The lowest BCUT2D eigenvalue weighted by atomic mass is 9.97. The van der Waals surface area contributed by atoms with Crippen LogP contribution in [0, 0.1) is 0 Å². The Balaban J connectivity index is 2.01. The summed E-state index contributed by atoms with van der Waals surface area (Å²) < 4.78 is 10.7. The van der Waals surface area contributed by atoms with Crippen molar-refractivity contribution in [2.24, 2.45) is 0 Å². The summed E-state index contributed by atoms with van der Waals surface area (Å²) in [4.78, 5) is 55.1. The Morgan fingerprint density at radius 3 is 1.70 bits per heavy atom. The third-order valence-corrected chi connectivity index (χ3v) is 6.64. The molecule has 5 N–H and O–H groups in total. The topological polar surface area (TPSA) is 198 Å². The molecule has 14 heteroatoms. The van der Waals surface area contributed by atoms with Crippen LogP contribution in [0.25, 0.3) is 0 Å². The zero-order valence-corrected chi connectivity index (χ0v) is 26.4. The predicted octanol–water partition coefficient (Wildman–Crippen LogP) is 3.84. The number of phenols is 4. The molecule has 0 aromatic heterocycles. The van der Waals surface area contributed by atoms with Crippen molar-refractivity contribution in [2.45, 2.75) is 32.4 Å². The van der Waals surface area contributed by atoms with E-state index in [9.17, 15) is 44.7 Å². The number of hydrogen-bond acceptors (Lipinski definition) is 11. The van der Waals surface area contributed by atoms with Gasteiger partial charge in [0.05, 0.1) is 18.2 Å². The van der Waals surface area contributed by atoms with Gasteiger partial charge in [0.1, 0.15) is 40.1 Å². The van der Waals surface area contributed by atoms with E-state index in [0.29, 0.717) is 0 Å². The number of aromatic hydroxyl groups is 4. The molecule has 0 aliphatic heterocycles. The summed E-state index contributed by atoms with van der Waals surface area (Å²) >= 11 is 0. The SMILES string of the molecule is CN(C)C(=O)Oc1cc(OC(=O)N(C)C)cc(C(O)CN(C(=O)c2cc(C(=O)c3c(O)cc(O)cc3O)ccc2O)C(C)(C)C)c1. The first-order chi connectivity index (χ1) is 21.3. The Morgan fingerprint density at radius 1 is 0.739 bits per heavy atom. The molecule has 3 aromatic rings. The van der Waals surface area contributed by atoms with Gasteiger partial charge in [0.2, 0.25) is 5.78 Å². The lowest BCUT2D eigenvalue weighted by molar-refractivity contribution is 0.0379. The van der Waals surface area contributed by atoms with Crippen LogP contribution in [0.15, 0.2) is 48.5 Å². The quantitative estimate of drug-likeness (QED) is 0.225. The molecule has 3 amide bonds. The summed E-state index contributed by atoms with van der Waals surface area (Å²) in [6.07, 6.45) is -2.90. The fourth-order valence-electron chi connectivity index (χ4n) is 4.20. The fourth-order valence-corrected chi connectivity index (χ4v) is 4.20. The smallest absolute Gasteiger partial charge is 0.414 e. The van der Waals surface area contributed by atoms with E-state index >= 15 is 0 Å². The monoisotopic (exact) mass is 639 g/mol. The number of carbonyl (C=O) groups excluding carboxylic acids is 4. The molecule has 3 rings (SSSR count). The van der Waals surface area contributed by atoms with Gasteiger partial charge in [0.15, 0.2) is 0 Å². The number of hydrogen-bond donors (Lipinski definition) is 5. The lowest BCUT2D eigenvalue weighted by Gasteiger charge is -2.37. The molecule has 0 radical (unpaired) electrons. The average Bonchev–Trinajstić information content (AvgIpc) is 2.94. The molecule has 46 heavy (non-hydrogen) atoms. The maximum Gasteiger partial charge on any atom is 0.414 e. The standard InChI is InChI=1S/C32H37N3O11/c1-32(2,3)35(16-26(40)18-10-20(45-30(43)33(4)5)15-21(11-18)46-31(44)34(6)7)29(42)22-12-17(8-9-23(22)37)28(41)27-24(38)13-19(36)14-25(27)39/h8-15,26,36-40H,16H2,1-7H3. The highest BCUT2D eigenvalue weighted by molar-refractivity contribution is 6.13. The number of β-amino-alcohol motifs (C(OH)–C–C–N with tert-alkyl or cyclic N) is 1. The molecule has 0 fully saturated rings. The van der Waals surface area contributed by atoms with Crippen molar-refractivity contribution < 1.29 is 54.2 Å². The van der Waals surface area contributed by atoms with Gasteiger partial charge in [-0.15, -0.1) is 0 Å². The fraction of sp³-hybridized carbons (Fsp3) is 0.312. The van der Waals surface area contributed by atoms with E-state index in [4.69, 9.17) is 9.47 Å². The number of carbonyl (C=O) groups is 4. The first kappa shape index (κ1) is 35.0.